The van der Waals surface area contributed by atoms with Gasteiger partial charge in [0.2, 0.25) is 5.91 Å². The Labute approximate surface area is 258 Å². The Bertz CT molecular complexity index is 1630. The van der Waals surface area contributed by atoms with E-state index in [1.54, 1.807) is 36.4 Å². The van der Waals surface area contributed by atoms with Gasteiger partial charge >= 0.3 is 0 Å². The van der Waals surface area contributed by atoms with Gasteiger partial charge < -0.3 is 16.0 Å². The fourth-order valence-corrected chi connectivity index (χ4v) is 5.24. The second kappa shape index (κ2) is 14.5. The molecule has 3 amide bonds. The van der Waals surface area contributed by atoms with E-state index in [4.69, 9.17) is 0 Å². The highest BCUT2D eigenvalue weighted by atomic mass is 32.2. The van der Waals surface area contributed by atoms with Gasteiger partial charge in [-0.2, -0.15) is 0 Å². The molecule has 220 valence electrons. The molecule has 0 aliphatic carbocycles. The second-order valence-corrected chi connectivity index (χ2v) is 12.1. The highest BCUT2D eigenvalue weighted by Gasteiger charge is 2.18. The Morgan fingerprint density at radius 3 is 2.16 bits per heavy atom. The lowest BCUT2D eigenvalue weighted by Crippen LogP contribution is -2.30. The molecule has 43 heavy (non-hydrogen) atoms. The molecule has 0 aliphatic heterocycles. The number of aryl methyl sites for hydroxylation is 1. The zero-order valence-corrected chi connectivity index (χ0v) is 25.9. The van der Waals surface area contributed by atoms with Gasteiger partial charge in [0.1, 0.15) is 5.70 Å². The van der Waals surface area contributed by atoms with Crippen molar-refractivity contribution < 1.29 is 14.4 Å². The van der Waals surface area contributed by atoms with Crippen LogP contribution in [-0.2, 0) is 9.59 Å². The normalized spacial score (nSPS) is 12.0. The predicted octanol–water partition coefficient (Wildman–Crippen LogP) is 7.96. The molecule has 0 saturated carbocycles. The van der Waals surface area contributed by atoms with Gasteiger partial charge in [0, 0.05) is 21.8 Å². The van der Waals surface area contributed by atoms with E-state index < -0.39 is 5.91 Å². The summed E-state index contributed by atoms with van der Waals surface area (Å²) < 4.78 is 0. The topological polar surface area (TPSA) is 87.3 Å². The third-order valence-corrected chi connectivity index (χ3v) is 8.17. The number of rotatable bonds is 10. The first-order chi connectivity index (χ1) is 20.6. The first-order valence-electron chi connectivity index (χ1n) is 14.2. The van der Waals surface area contributed by atoms with Crippen molar-refractivity contribution in [3.8, 4) is 0 Å². The SMILES string of the molecule is Cc1cccc(NC(=O)C(C)Sc2cccc(NC(=O)/C(=C\c3ccc(C(C)C)cc3)NC(=O)c3ccccc3)c2)c1C. The molecule has 6 nitrogen and oxygen atoms in total. The Morgan fingerprint density at radius 1 is 0.767 bits per heavy atom. The molecule has 1 atom stereocenters. The Balaban J connectivity index is 1.50. The molecule has 0 saturated heterocycles. The molecule has 4 aromatic carbocycles. The molecule has 0 fully saturated rings. The molecule has 1 unspecified atom stereocenters. The first kappa shape index (κ1) is 31.3. The summed E-state index contributed by atoms with van der Waals surface area (Å²) in [5.41, 5.74) is 6.03. The van der Waals surface area contributed by atoms with Crippen molar-refractivity contribution >= 4 is 46.9 Å². The van der Waals surface area contributed by atoms with Gasteiger partial charge in [-0.05, 0) is 91.4 Å². The average molecular weight is 592 g/mol. The van der Waals surface area contributed by atoms with E-state index in [1.165, 1.54) is 17.3 Å². The molecular formula is C36H37N3O3S. The van der Waals surface area contributed by atoms with Gasteiger partial charge in [0.25, 0.3) is 11.8 Å². The van der Waals surface area contributed by atoms with Crippen LogP contribution >= 0.6 is 11.8 Å². The van der Waals surface area contributed by atoms with Gasteiger partial charge in [-0.3, -0.25) is 14.4 Å². The van der Waals surface area contributed by atoms with Crippen LogP contribution in [0.5, 0.6) is 0 Å². The number of carbonyl (C=O) groups is 3. The van der Waals surface area contributed by atoms with E-state index in [-0.39, 0.29) is 22.8 Å². The molecule has 0 spiro atoms. The second-order valence-electron chi connectivity index (χ2n) is 10.7. The zero-order valence-electron chi connectivity index (χ0n) is 25.1. The van der Waals surface area contributed by atoms with Crippen LogP contribution in [0.4, 0.5) is 11.4 Å². The van der Waals surface area contributed by atoms with Crippen molar-refractivity contribution in [2.45, 2.75) is 50.7 Å². The molecule has 0 bridgehead atoms. The van der Waals surface area contributed by atoms with E-state index in [0.717, 1.165) is 27.3 Å². The third-order valence-electron chi connectivity index (χ3n) is 7.08. The number of amides is 3. The predicted molar refractivity (Wildman–Crippen MR) is 177 cm³/mol. The lowest BCUT2D eigenvalue weighted by Gasteiger charge is -2.15. The minimum atomic E-state index is -0.458. The van der Waals surface area contributed by atoms with Gasteiger partial charge in [0.05, 0.1) is 5.25 Å². The molecule has 0 aromatic heterocycles. The summed E-state index contributed by atoms with van der Waals surface area (Å²) in [5, 5.41) is 8.34. The summed E-state index contributed by atoms with van der Waals surface area (Å²) in [6.45, 7) is 10.1. The smallest absolute Gasteiger partial charge is 0.272 e. The largest absolute Gasteiger partial charge is 0.325 e. The van der Waals surface area contributed by atoms with Gasteiger partial charge in [-0.15, -0.1) is 11.8 Å². The van der Waals surface area contributed by atoms with Gasteiger partial charge in [0.15, 0.2) is 0 Å². The number of anilines is 2. The monoisotopic (exact) mass is 591 g/mol. The van der Waals surface area contributed by atoms with E-state index in [2.05, 4.69) is 29.8 Å². The standard InChI is InChI=1S/C36H37N3O3S/c1-23(2)28-19-17-27(18-20-28)21-33(39-35(41)29-12-7-6-8-13-29)36(42)37-30-14-10-15-31(22-30)43-26(5)34(40)38-32-16-9-11-24(3)25(32)4/h6-23,26H,1-5H3,(H,37,42)(H,38,40)(H,39,41)/b33-21+. The minimum Gasteiger partial charge on any atom is -0.325 e. The average Bonchev–Trinajstić information content (AvgIpc) is 3.00. The summed E-state index contributed by atoms with van der Waals surface area (Å²) >= 11 is 1.40. The lowest BCUT2D eigenvalue weighted by atomic mass is 10.0. The van der Waals surface area contributed by atoms with Crippen molar-refractivity contribution in [2.24, 2.45) is 0 Å². The van der Waals surface area contributed by atoms with Gasteiger partial charge in [-0.1, -0.05) is 74.5 Å². The highest BCUT2D eigenvalue weighted by Crippen LogP contribution is 2.28. The summed E-state index contributed by atoms with van der Waals surface area (Å²) in [7, 11) is 0. The number of hydrogen-bond donors (Lipinski definition) is 3. The maximum atomic E-state index is 13.5. The summed E-state index contributed by atoms with van der Waals surface area (Å²) in [4.78, 5) is 40.2. The summed E-state index contributed by atoms with van der Waals surface area (Å²) in [6.07, 6.45) is 1.67. The van der Waals surface area contributed by atoms with E-state index in [9.17, 15) is 14.4 Å². The minimum absolute atomic E-state index is 0.106. The molecular weight excluding hydrogens is 554 g/mol. The van der Waals surface area contributed by atoms with Crippen molar-refractivity contribution in [3.05, 3.63) is 131 Å². The zero-order chi connectivity index (χ0) is 30.9. The molecule has 3 N–H and O–H groups in total. The molecule has 4 aromatic rings. The molecule has 4 rings (SSSR count). The fraction of sp³-hybridized carbons (Fsp3) is 0.194. The van der Waals surface area contributed by atoms with Crippen LogP contribution in [0.2, 0.25) is 0 Å². The summed E-state index contributed by atoms with van der Waals surface area (Å²) in [5.74, 6) is -0.566. The van der Waals surface area contributed by atoms with Crippen molar-refractivity contribution in [1.82, 2.24) is 5.32 Å². The fourth-order valence-electron chi connectivity index (χ4n) is 4.31. The number of thioether (sulfide) groups is 1. The van der Waals surface area contributed by atoms with E-state index in [0.29, 0.717) is 17.2 Å². The number of hydrogen-bond acceptors (Lipinski definition) is 4. The van der Waals surface area contributed by atoms with Crippen LogP contribution in [0.25, 0.3) is 6.08 Å². The maximum Gasteiger partial charge on any atom is 0.272 e. The first-order valence-corrected chi connectivity index (χ1v) is 15.1. The molecule has 0 radical (unpaired) electrons. The van der Waals surface area contributed by atoms with Crippen molar-refractivity contribution in [3.63, 3.8) is 0 Å². The van der Waals surface area contributed by atoms with E-state index in [1.807, 2.05) is 87.5 Å². The highest BCUT2D eigenvalue weighted by molar-refractivity contribution is 8.00. The van der Waals surface area contributed by atoms with Crippen LogP contribution < -0.4 is 16.0 Å². The number of benzene rings is 4. The van der Waals surface area contributed by atoms with Crippen LogP contribution in [-0.4, -0.2) is 23.0 Å². The Kier molecular flexibility index (Phi) is 10.6. The van der Waals surface area contributed by atoms with Crippen molar-refractivity contribution in [1.29, 1.82) is 0 Å². The van der Waals surface area contributed by atoms with Gasteiger partial charge in [-0.25, -0.2) is 0 Å². The van der Waals surface area contributed by atoms with Crippen LogP contribution in [0.15, 0.2) is 108 Å². The van der Waals surface area contributed by atoms with E-state index >= 15 is 0 Å². The molecule has 7 heteroatoms. The van der Waals surface area contributed by atoms with Crippen LogP contribution in [0, 0.1) is 13.8 Å². The maximum absolute atomic E-state index is 13.5. The number of carbonyl (C=O) groups excluding carboxylic acids is 3. The Morgan fingerprint density at radius 2 is 1.47 bits per heavy atom. The lowest BCUT2D eigenvalue weighted by molar-refractivity contribution is -0.115. The third kappa shape index (κ3) is 8.69. The van der Waals surface area contributed by atoms with Crippen molar-refractivity contribution in [2.75, 3.05) is 10.6 Å². The quantitative estimate of drug-likeness (QED) is 0.129. The van der Waals surface area contributed by atoms with Crippen LogP contribution in [0.1, 0.15) is 59.3 Å². The van der Waals surface area contributed by atoms with Crippen LogP contribution in [0.3, 0.4) is 0 Å². The summed E-state index contributed by atoms with van der Waals surface area (Å²) in [6, 6.07) is 29.8. The molecule has 0 heterocycles. The number of nitrogens with one attached hydrogen (secondary N) is 3. The Hall–Kier alpha value is -4.62. The molecule has 0 aliphatic rings.